The van der Waals surface area contributed by atoms with Gasteiger partial charge in [-0.25, -0.2) is 0 Å². The average molecular weight is 381 g/mol. The van der Waals surface area contributed by atoms with Crippen LogP contribution in [-0.4, -0.2) is 32.2 Å². The predicted molar refractivity (Wildman–Crippen MR) is 104 cm³/mol. The molecule has 0 amide bonds. The summed E-state index contributed by atoms with van der Waals surface area (Å²) >= 11 is 0. The fourth-order valence-corrected chi connectivity index (χ4v) is 5.44. The highest BCUT2D eigenvalue weighted by Crippen LogP contribution is 2.50. The molecule has 2 aliphatic heterocycles. The second-order valence-electron chi connectivity index (χ2n) is 8.57. The number of piperidine rings is 1. The maximum absolute atomic E-state index is 13.9. The molecule has 2 N–H and O–H groups in total. The Kier molecular flexibility index (Phi) is 5.04. The summed E-state index contributed by atoms with van der Waals surface area (Å²) in [6, 6.07) is 3.68. The normalized spacial score (nSPS) is 27.2. The molecule has 0 spiro atoms. The Hall–Kier alpha value is -1.43. The first kappa shape index (κ1) is 18.9. The zero-order valence-corrected chi connectivity index (χ0v) is 16.2. The SMILES string of the molecule is C[C@H](Nc1cc2c(c(C(F)(F)F)c1)N(C)[C@@H]1CCNC[C@H]21)C1CCCCC1. The molecule has 3 atom stereocenters. The van der Waals surface area contributed by atoms with Crippen LogP contribution in [0.3, 0.4) is 0 Å². The lowest BCUT2D eigenvalue weighted by Gasteiger charge is -2.31. The molecule has 3 nitrogen and oxygen atoms in total. The van der Waals surface area contributed by atoms with E-state index in [1.807, 2.05) is 18.0 Å². The Morgan fingerprint density at radius 1 is 1.15 bits per heavy atom. The molecule has 27 heavy (non-hydrogen) atoms. The molecule has 1 saturated carbocycles. The number of likely N-dealkylation sites (N-methyl/N-ethyl adjacent to an activating group) is 1. The second-order valence-corrected chi connectivity index (χ2v) is 8.57. The van der Waals surface area contributed by atoms with Crippen molar-refractivity contribution < 1.29 is 13.2 Å². The van der Waals surface area contributed by atoms with E-state index < -0.39 is 11.7 Å². The molecule has 3 aliphatic rings. The van der Waals surface area contributed by atoms with Crippen LogP contribution >= 0.6 is 0 Å². The van der Waals surface area contributed by atoms with Gasteiger partial charge in [0.1, 0.15) is 0 Å². The standard InChI is InChI=1S/C21H30F3N3/c1-13(14-6-4-3-5-7-14)26-15-10-16-17-12-25-9-8-19(17)27(2)20(16)18(11-15)21(22,23)24/h10-11,13-14,17,19,25-26H,3-9,12H2,1-2H3/t13-,17+,19+/m0/s1. The van der Waals surface area contributed by atoms with Crippen LogP contribution in [0.5, 0.6) is 0 Å². The summed E-state index contributed by atoms with van der Waals surface area (Å²) in [6.45, 7) is 3.74. The molecule has 0 aromatic heterocycles. The van der Waals surface area contributed by atoms with E-state index in [0.717, 1.165) is 25.1 Å². The smallest absolute Gasteiger partial charge is 0.382 e. The van der Waals surface area contributed by atoms with Crippen molar-refractivity contribution in [3.63, 3.8) is 0 Å². The summed E-state index contributed by atoms with van der Waals surface area (Å²) in [6.07, 6.45) is 2.62. The quantitative estimate of drug-likeness (QED) is 0.773. The molecule has 2 heterocycles. The van der Waals surface area contributed by atoms with Crippen LogP contribution in [0.1, 0.15) is 62.5 Å². The van der Waals surface area contributed by atoms with Crippen LogP contribution in [0.15, 0.2) is 12.1 Å². The molecule has 2 fully saturated rings. The summed E-state index contributed by atoms with van der Waals surface area (Å²) in [5, 5.41) is 6.78. The number of rotatable bonds is 3. The van der Waals surface area contributed by atoms with E-state index in [9.17, 15) is 13.2 Å². The first-order chi connectivity index (χ1) is 12.9. The number of benzene rings is 1. The summed E-state index contributed by atoms with van der Waals surface area (Å²) in [5.41, 5.74) is 1.37. The molecular formula is C21H30F3N3. The largest absolute Gasteiger partial charge is 0.418 e. The highest BCUT2D eigenvalue weighted by Gasteiger charge is 2.45. The Bertz CT molecular complexity index is 682. The molecule has 0 radical (unpaired) electrons. The van der Waals surface area contributed by atoms with Gasteiger partial charge in [-0.15, -0.1) is 0 Å². The average Bonchev–Trinajstić information content (AvgIpc) is 2.94. The fraction of sp³-hybridized carbons (Fsp3) is 0.714. The first-order valence-corrected chi connectivity index (χ1v) is 10.3. The van der Waals surface area contributed by atoms with Crippen molar-refractivity contribution in [1.29, 1.82) is 0 Å². The van der Waals surface area contributed by atoms with Crippen molar-refractivity contribution in [3.05, 3.63) is 23.3 Å². The lowest BCUT2D eigenvalue weighted by atomic mass is 9.84. The molecule has 1 saturated heterocycles. The molecule has 6 heteroatoms. The van der Waals surface area contributed by atoms with Gasteiger partial charge in [-0.05, 0) is 56.3 Å². The molecular weight excluding hydrogens is 351 g/mol. The third kappa shape index (κ3) is 3.53. The second kappa shape index (κ2) is 7.19. The highest BCUT2D eigenvalue weighted by molar-refractivity contribution is 5.72. The number of halogens is 3. The summed E-state index contributed by atoms with van der Waals surface area (Å²) in [5.74, 6) is 0.680. The zero-order valence-electron chi connectivity index (χ0n) is 16.2. The fourth-order valence-electron chi connectivity index (χ4n) is 5.44. The van der Waals surface area contributed by atoms with Gasteiger partial charge in [-0.1, -0.05) is 19.3 Å². The topological polar surface area (TPSA) is 27.3 Å². The molecule has 1 aliphatic carbocycles. The summed E-state index contributed by atoms with van der Waals surface area (Å²) < 4.78 is 41.7. The van der Waals surface area contributed by atoms with Gasteiger partial charge in [0.05, 0.1) is 11.3 Å². The van der Waals surface area contributed by atoms with Gasteiger partial charge in [0.15, 0.2) is 0 Å². The van der Waals surface area contributed by atoms with Gasteiger partial charge in [0.25, 0.3) is 0 Å². The van der Waals surface area contributed by atoms with Crippen LogP contribution in [0.25, 0.3) is 0 Å². The first-order valence-electron chi connectivity index (χ1n) is 10.3. The zero-order chi connectivity index (χ0) is 19.2. The van der Waals surface area contributed by atoms with Crippen LogP contribution in [0, 0.1) is 5.92 Å². The molecule has 4 rings (SSSR count). The molecule has 150 valence electrons. The van der Waals surface area contributed by atoms with Crippen molar-refractivity contribution in [1.82, 2.24) is 5.32 Å². The van der Waals surface area contributed by atoms with E-state index in [4.69, 9.17) is 0 Å². The summed E-state index contributed by atoms with van der Waals surface area (Å²) in [4.78, 5) is 1.87. The highest BCUT2D eigenvalue weighted by atomic mass is 19.4. The van der Waals surface area contributed by atoms with Crippen molar-refractivity contribution in [3.8, 4) is 0 Å². The van der Waals surface area contributed by atoms with E-state index in [-0.39, 0.29) is 18.0 Å². The number of alkyl halides is 3. The Morgan fingerprint density at radius 2 is 1.89 bits per heavy atom. The van der Waals surface area contributed by atoms with Crippen molar-refractivity contribution >= 4 is 11.4 Å². The minimum absolute atomic E-state index is 0.131. The maximum Gasteiger partial charge on any atom is 0.418 e. The van der Waals surface area contributed by atoms with E-state index in [1.54, 1.807) is 0 Å². The van der Waals surface area contributed by atoms with E-state index in [2.05, 4.69) is 17.6 Å². The van der Waals surface area contributed by atoms with Crippen LogP contribution < -0.4 is 15.5 Å². The third-order valence-electron chi connectivity index (χ3n) is 6.89. The van der Waals surface area contributed by atoms with E-state index in [0.29, 0.717) is 17.3 Å². The minimum Gasteiger partial charge on any atom is -0.382 e. The number of hydrogen-bond acceptors (Lipinski definition) is 3. The number of anilines is 2. The lowest BCUT2D eigenvalue weighted by molar-refractivity contribution is -0.137. The van der Waals surface area contributed by atoms with Crippen molar-refractivity contribution in [2.45, 2.75) is 69.6 Å². The Morgan fingerprint density at radius 3 is 2.59 bits per heavy atom. The van der Waals surface area contributed by atoms with Crippen LogP contribution in [0.2, 0.25) is 0 Å². The lowest BCUT2D eigenvalue weighted by Crippen LogP contribution is -2.42. The molecule has 0 unspecified atom stereocenters. The predicted octanol–water partition coefficient (Wildman–Crippen LogP) is 4.98. The number of hydrogen-bond donors (Lipinski definition) is 2. The minimum atomic E-state index is -4.34. The van der Waals surface area contributed by atoms with Gasteiger partial charge in [0.2, 0.25) is 0 Å². The maximum atomic E-state index is 13.9. The summed E-state index contributed by atoms with van der Waals surface area (Å²) in [7, 11) is 1.82. The third-order valence-corrected chi connectivity index (χ3v) is 6.89. The monoisotopic (exact) mass is 381 g/mol. The van der Waals surface area contributed by atoms with Crippen molar-refractivity contribution in [2.75, 3.05) is 30.4 Å². The van der Waals surface area contributed by atoms with Gasteiger partial charge >= 0.3 is 6.18 Å². The Balaban J connectivity index is 1.68. The number of fused-ring (bicyclic) bond motifs is 3. The Labute approximate surface area is 159 Å². The molecule has 0 bridgehead atoms. The van der Waals surface area contributed by atoms with Crippen LogP contribution in [-0.2, 0) is 6.18 Å². The number of nitrogens with zero attached hydrogens (tertiary/aromatic N) is 1. The van der Waals surface area contributed by atoms with Crippen molar-refractivity contribution in [2.24, 2.45) is 5.92 Å². The van der Waals surface area contributed by atoms with E-state index >= 15 is 0 Å². The van der Waals surface area contributed by atoms with E-state index in [1.165, 1.54) is 38.2 Å². The molecule has 1 aromatic carbocycles. The van der Waals surface area contributed by atoms with Gasteiger partial charge in [0, 0.05) is 37.3 Å². The van der Waals surface area contributed by atoms with Gasteiger partial charge < -0.3 is 15.5 Å². The number of nitrogens with one attached hydrogen (secondary N) is 2. The van der Waals surface area contributed by atoms with Gasteiger partial charge in [-0.3, -0.25) is 0 Å². The van der Waals surface area contributed by atoms with Crippen LogP contribution in [0.4, 0.5) is 24.5 Å². The molecule has 1 aromatic rings. The van der Waals surface area contributed by atoms with Gasteiger partial charge in [-0.2, -0.15) is 13.2 Å².